The number of aromatic amines is 1. The van der Waals surface area contributed by atoms with Crippen molar-refractivity contribution in [3.8, 4) is 22.8 Å². The van der Waals surface area contributed by atoms with E-state index in [2.05, 4.69) is 15.5 Å². The van der Waals surface area contributed by atoms with Crippen molar-refractivity contribution in [2.45, 2.75) is 13.0 Å². The smallest absolute Gasteiger partial charge is 0.266 e. The molecule has 0 aliphatic carbocycles. The Hall–Kier alpha value is -3.28. The van der Waals surface area contributed by atoms with Gasteiger partial charge in [0.25, 0.3) is 5.91 Å². The van der Waals surface area contributed by atoms with Crippen LogP contribution in [0.15, 0.2) is 60.7 Å². The van der Waals surface area contributed by atoms with E-state index < -0.39 is 6.10 Å². The molecule has 25 heavy (non-hydrogen) atoms. The minimum atomic E-state index is -0.677. The predicted octanol–water partition coefficient (Wildman–Crippen LogP) is 3.49. The van der Waals surface area contributed by atoms with Crippen LogP contribution >= 0.6 is 0 Å². The van der Waals surface area contributed by atoms with Gasteiger partial charge < -0.3 is 14.8 Å². The van der Waals surface area contributed by atoms with Crippen molar-refractivity contribution in [2.75, 3.05) is 12.4 Å². The third-order valence-electron chi connectivity index (χ3n) is 3.64. The maximum atomic E-state index is 12.3. The van der Waals surface area contributed by atoms with E-state index in [0.717, 1.165) is 11.3 Å². The van der Waals surface area contributed by atoms with E-state index in [1.54, 1.807) is 38.3 Å². The Balaban J connectivity index is 1.62. The molecule has 0 saturated heterocycles. The summed E-state index contributed by atoms with van der Waals surface area (Å²) in [6.07, 6.45) is -0.677. The van der Waals surface area contributed by atoms with Crippen molar-refractivity contribution >= 4 is 11.7 Å². The first-order chi connectivity index (χ1) is 12.2. The Morgan fingerprint density at radius 3 is 2.60 bits per heavy atom. The van der Waals surface area contributed by atoms with Crippen LogP contribution in [-0.4, -0.2) is 29.3 Å². The fourth-order valence-corrected chi connectivity index (χ4v) is 2.31. The highest BCUT2D eigenvalue weighted by molar-refractivity contribution is 5.93. The zero-order chi connectivity index (χ0) is 17.6. The van der Waals surface area contributed by atoms with Crippen LogP contribution in [0.3, 0.4) is 0 Å². The van der Waals surface area contributed by atoms with E-state index in [0.29, 0.717) is 17.3 Å². The second-order valence-electron chi connectivity index (χ2n) is 5.46. The lowest BCUT2D eigenvalue weighted by atomic mass is 10.1. The zero-order valence-electron chi connectivity index (χ0n) is 14.0. The van der Waals surface area contributed by atoms with Crippen LogP contribution in [0.25, 0.3) is 11.3 Å². The molecule has 6 nitrogen and oxygen atoms in total. The number of aromatic nitrogens is 2. The molecular formula is C19H19N3O3. The van der Waals surface area contributed by atoms with Gasteiger partial charge in [0.05, 0.1) is 12.8 Å². The molecule has 2 N–H and O–H groups in total. The Kier molecular flexibility index (Phi) is 4.99. The summed E-state index contributed by atoms with van der Waals surface area (Å²) in [5, 5.41) is 9.77. The summed E-state index contributed by atoms with van der Waals surface area (Å²) < 4.78 is 10.8. The highest BCUT2D eigenvalue weighted by Gasteiger charge is 2.16. The molecule has 3 aromatic rings. The van der Waals surface area contributed by atoms with Crippen LogP contribution in [0, 0.1) is 0 Å². The van der Waals surface area contributed by atoms with E-state index >= 15 is 0 Å². The third-order valence-corrected chi connectivity index (χ3v) is 3.64. The number of carbonyl (C=O) groups is 1. The second kappa shape index (κ2) is 7.53. The van der Waals surface area contributed by atoms with Crippen LogP contribution in [-0.2, 0) is 4.79 Å². The molecule has 0 aliphatic rings. The first-order valence-corrected chi connectivity index (χ1v) is 7.88. The van der Waals surface area contributed by atoms with Gasteiger partial charge in [-0.2, -0.15) is 5.10 Å². The van der Waals surface area contributed by atoms with Crippen molar-refractivity contribution in [1.29, 1.82) is 0 Å². The van der Waals surface area contributed by atoms with Gasteiger partial charge in [0.1, 0.15) is 11.5 Å². The topological polar surface area (TPSA) is 76.2 Å². The molecule has 3 rings (SSSR count). The van der Waals surface area contributed by atoms with E-state index in [1.807, 2.05) is 36.4 Å². The van der Waals surface area contributed by atoms with E-state index in [9.17, 15) is 4.79 Å². The SMILES string of the molecule is COc1cccc(O[C@H](C)C(=O)Nc2cc(-c3ccccc3)[nH]n2)c1. The highest BCUT2D eigenvalue weighted by atomic mass is 16.5. The predicted molar refractivity (Wildman–Crippen MR) is 95.7 cm³/mol. The molecule has 6 heteroatoms. The molecule has 0 spiro atoms. The average molecular weight is 337 g/mol. The number of H-pyrrole nitrogens is 1. The van der Waals surface area contributed by atoms with E-state index in [4.69, 9.17) is 9.47 Å². The summed E-state index contributed by atoms with van der Waals surface area (Å²) in [6, 6.07) is 18.7. The standard InChI is InChI=1S/C19H19N3O3/c1-13(25-16-10-6-9-15(11-16)24-2)19(23)20-18-12-17(21-22-18)14-7-4-3-5-8-14/h3-13H,1-2H3,(H2,20,21,22,23)/t13-/m1/s1. The molecule has 0 radical (unpaired) electrons. The molecule has 128 valence electrons. The number of hydrogen-bond acceptors (Lipinski definition) is 4. The molecule has 0 fully saturated rings. The molecule has 0 saturated carbocycles. The van der Waals surface area contributed by atoms with E-state index in [1.165, 1.54) is 0 Å². The Bertz CT molecular complexity index is 846. The zero-order valence-corrected chi connectivity index (χ0v) is 14.0. The number of nitrogens with zero attached hydrogens (tertiary/aromatic N) is 1. The number of rotatable bonds is 6. The number of hydrogen-bond donors (Lipinski definition) is 2. The van der Waals surface area contributed by atoms with Crippen molar-refractivity contribution in [1.82, 2.24) is 10.2 Å². The number of ether oxygens (including phenoxy) is 2. The lowest BCUT2D eigenvalue weighted by Gasteiger charge is -2.14. The fraction of sp³-hybridized carbons (Fsp3) is 0.158. The van der Waals surface area contributed by atoms with Gasteiger partial charge in [-0.1, -0.05) is 36.4 Å². The van der Waals surface area contributed by atoms with Crippen LogP contribution in [0.1, 0.15) is 6.92 Å². The molecule has 1 amide bonds. The number of nitrogens with one attached hydrogen (secondary N) is 2. The number of benzene rings is 2. The first-order valence-electron chi connectivity index (χ1n) is 7.88. The van der Waals surface area contributed by atoms with Gasteiger partial charge in [-0.3, -0.25) is 9.89 Å². The van der Waals surface area contributed by atoms with Gasteiger partial charge in [0.2, 0.25) is 0 Å². The third kappa shape index (κ3) is 4.17. The molecule has 0 aliphatic heterocycles. The van der Waals surface area contributed by atoms with Gasteiger partial charge in [-0.15, -0.1) is 0 Å². The maximum Gasteiger partial charge on any atom is 0.266 e. The van der Waals surface area contributed by atoms with Gasteiger partial charge in [-0.25, -0.2) is 0 Å². The molecule has 0 bridgehead atoms. The first kappa shape index (κ1) is 16.6. The van der Waals surface area contributed by atoms with Crippen LogP contribution < -0.4 is 14.8 Å². The lowest BCUT2D eigenvalue weighted by Crippen LogP contribution is -2.30. The summed E-state index contributed by atoms with van der Waals surface area (Å²) in [7, 11) is 1.58. The van der Waals surface area contributed by atoms with Crippen LogP contribution in [0.5, 0.6) is 11.5 Å². The minimum absolute atomic E-state index is 0.283. The number of carbonyl (C=O) groups excluding carboxylic acids is 1. The van der Waals surface area contributed by atoms with Gasteiger partial charge >= 0.3 is 0 Å². The monoisotopic (exact) mass is 337 g/mol. The van der Waals surface area contributed by atoms with E-state index in [-0.39, 0.29) is 5.91 Å². The molecule has 1 aromatic heterocycles. The summed E-state index contributed by atoms with van der Waals surface area (Å²) in [6.45, 7) is 1.68. The number of amides is 1. The van der Waals surface area contributed by atoms with Crippen molar-refractivity contribution < 1.29 is 14.3 Å². The van der Waals surface area contributed by atoms with Crippen LogP contribution in [0.4, 0.5) is 5.82 Å². The Morgan fingerprint density at radius 1 is 1.08 bits per heavy atom. The molecule has 1 atom stereocenters. The Morgan fingerprint density at radius 2 is 1.84 bits per heavy atom. The number of methoxy groups -OCH3 is 1. The van der Waals surface area contributed by atoms with Crippen LogP contribution in [0.2, 0.25) is 0 Å². The van der Waals surface area contributed by atoms with Crippen molar-refractivity contribution in [3.63, 3.8) is 0 Å². The quantitative estimate of drug-likeness (QED) is 0.722. The molecular weight excluding hydrogens is 318 g/mol. The molecule has 2 aromatic carbocycles. The summed E-state index contributed by atoms with van der Waals surface area (Å²) in [5.41, 5.74) is 1.83. The lowest BCUT2D eigenvalue weighted by molar-refractivity contribution is -0.122. The molecule has 1 heterocycles. The minimum Gasteiger partial charge on any atom is -0.497 e. The van der Waals surface area contributed by atoms with Crippen molar-refractivity contribution in [2.24, 2.45) is 0 Å². The fourth-order valence-electron chi connectivity index (χ4n) is 2.31. The van der Waals surface area contributed by atoms with Gasteiger partial charge in [0.15, 0.2) is 11.9 Å². The van der Waals surface area contributed by atoms with Gasteiger partial charge in [0, 0.05) is 12.1 Å². The highest BCUT2D eigenvalue weighted by Crippen LogP contribution is 2.21. The molecule has 0 unspecified atom stereocenters. The maximum absolute atomic E-state index is 12.3. The normalized spacial score (nSPS) is 11.6. The largest absolute Gasteiger partial charge is 0.497 e. The van der Waals surface area contributed by atoms with Crippen molar-refractivity contribution in [3.05, 3.63) is 60.7 Å². The Labute approximate surface area is 145 Å². The summed E-state index contributed by atoms with van der Waals surface area (Å²) in [5.74, 6) is 1.40. The average Bonchev–Trinajstić information content (AvgIpc) is 3.11. The summed E-state index contributed by atoms with van der Waals surface area (Å²) in [4.78, 5) is 12.3. The number of anilines is 1. The summed E-state index contributed by atoms with van der Waals surface area (Å²) >= 11 is 0. The van der Waals surface area contributed by atoms with Gasteiger partial charge in [-0.05, 0) is 24.6 Å². The second-order valence-corrected chi connectivity index (χ2v) is 5.46.